The van der Waals surface area contributed by atoms with Gasteiger partial charge in [-0.2, -0.15) is 0 Å². The number of benzene rings is 1. The summed E-state index contributed by atoms with van der Waals surface area (Å²) in [5, 5.41) is 4.74. The summed E-state index contributed by atoms with van der Waals surface area (Å²) < 4.78 is 11.3. The molecule has 1 aromatic heterocycles. The van der Waals surface area contributed by atoms with Crippen LogP contribution in [0.4, 0.5) is 0 Å². The highest BCUT2D eigenvalue weighted by Crippen LogP contribution is 2.56. The number of aromatic amines is 1. The van der Waals surface area contributed by atoms with Crippen molar-refractivity contribution in [2.75, 3.05) is 20.2 Å². The molecule has 2 N–H and O–H groups in total. The summed E-state index contributed by atoms with van der Waals surface area (Å²) in [7, 11) is 1.69. The molecule has 5 rings (SSSR count). The maximum atomic E-state index is 12.7. The second-order valence-corrected chi connectivity index (χ2v) is 10.1. The Bertz CT molecular complexity index is 996. The number of hydrogen-bond donors (Lipinski definition) is 2. The monoisotopic (exact) mass is 422 g/mol. The van der Waals surface area contributed by atoms with E-state index in [0.717, 1.165) is 43.5 Å². The summed E-state index contributed by atoms with van der Waals surface area (Å²) >= 11 is 0. The number of carbonyl (C=O) groups is 1. The zero-order chi connectivity index (χ0) is 21.6. The first-order chi connectivity index (χ1) is 15.0. The summed E-state index contributed by atoms with van der Waals surface area (Å²) in [4.78, 5) is 16.0. The third-order valence-corrected chi connectivity index (χ3v) is 8.23. The highest BCUT2D eigenvalue weighted by atomic mass is 16.6. The molecule has 1 aromatic carbocycles. The standard InChI is InChI=1S/C26H34N2O3/c1-16-5-4-9-26(2)13-24-20(12-22(16)26)21(25(29)31-24)15-27-10-8-17-14-28-23-7-6-18(30-3)11-19(17)23/h6-7,11,14,20-22,24,27-28H,1,4-5,8-10,12-13,15H2,2-3H3/t20-,21-,22-,24+,26-/m0/s1. The van der Waals surface area contributed by atoms with Crippen molar-refractivity contribution in [3.05, 3.63) is 42.1 Å². The quantitative estimate of drug-likeness (QED) is 0.405. The zero-order valence-electron chi connectivity index (χ0n) is 18.7. The number of allylic oxidation sites excluding steroid dienone is 1. The van der Waals surface area contributed by atoms with Crippen LogP contribution in [0.2, 0.25) is 0 Å². The molecule has 1 aliphatic heterocycles. The highest BCUT2D eigenvalue weighted by molar-refractivity contribution is 5.84. The lowest BCUT2D eigenvalue weighted by Crippen LogP contribution is -2.45. The molecule has 2 heterocycles. The number of ether oxygens (including phenoxy) is 2. The minimum atomic E-state index is -0.0349. The van der Waals surface area contributed by atoms with E-state index >= 15 is 0 Å². The lowest BCUT2D eigenvalue weighted by molar-refractivity contribution is -0.146. The van der Waals surface area contributed by atoms with Crippen molar-refractivity contribution in [1.29, 1.82) is 0 Å². The second kappa shape index (κ2) is 8.01. The zero-order valence-corrected chi connectivity index (χ0v) is 18.7. The van der Waals surface area contributed by atoms with Gasteiger partial charge in [0, 0.05) is 29.6 Å². The van der Waals surface area contributed by atoms with Crippen LogP contribution in [0, 0.1) is 23.2 Å². The summed E-state index contributed by atoms with van der Waals surface area (Å²) in [6, 6.07) is 6.10. The summed E-state index contributed by atoms with van der Waals surface area (Å²) in [6.45, 7) is 8.30. The van der Waals surface area contributed by atoms with Crippen molar-refractivity contribution >= 4 is 16.9 Å². The molecule has 3 fully saturated rings. The van der Waals surface area contributed by atoms with Gasteiger partial charge >= 0.3 is 5.97 Å². The van der Waals surface area contributed by atoms with Crippen molar-refractivity contribution in [2.24, 2.45) is 23.2 Å². The van der Waals surface area contributed by atoms with Gasteiger partial charge in [-0.1, -0.05) is 19.1 Å². The molecule has 0 unspecified atom stereocenters. The molecule has 3 aliphatic rings. The largest absolute Gasteiger partial charge is 0.497 e. The average Bonchev–Trinajstić information content (AvgIpc) is 3.29. The van der Waals surface area contributed by atoms with Gasteiger partial charge in [-0.05, 0) is 80.2 Å². The van der Waals surface area contributed by atoms with Crippen LogP contribution in [0.25, 0.3) is 10.9 Å². The van der Waals surface area contributed by atoms with Crippen LogP contribution in [-0.4, -0.2) is 37.3 Å². The Labute approximate surface area is 184 Å². The number of aromatic nitrogens is 1. The van der Waals surface area contributed by atoms with E-state index in [4.69, 9.17) is 9.47 Å². The molecule has 0 bridgehead atoms. The number of H-pyrrole nitrogens is 1. The molecule has 1 saturated heterocycles. The van der Waals surface area contributed by atoms with E-state index in [1.807, 2.05) is 6.07 Å². The number of esters is 1. The van der Waals surface area contributed by atoms with Gasteiger partial charge in [0.25, 0.3) is 0 Å². The van der Waals surface area contributed by atoms with Crippen LogP contribution in [-0.2, 0) is 16.0 Å². The topological polar surface area (TPSA) is 63.3 Å². The molecular formula is C26H34N2O3. The Kier molecular flexibility index (Phi) is 5.33. The van der Waals surface area contributed by atoms with E-state index < -0.39 is 0 Å². The number of methoxy groups -OCH3 is 1. The van der Waals surface area contributed by atoms with Crippen molar-refractivity contribution in [3.63, 3.8) is 0 Å². The SMILES string of the molecule is C=C1CCC[C@@]2(C)C[C@H]3OC(=O)[C@@H](CNCCc4c[nH]c5ccc(OC)cc45)[C@@H]3C[C@@H]12. The van der Waals surface area contributed by atoms with Gasteiger partial charge in [0.2, 0.25) is 0 Å². The molecular weight excluding hydrogens is 388 g/mol. The molecule has 5 atom stereocenters. The van der Waals surface area contributed by atoms with Crippen molar-refractivity contribution < 1.29 is 14.3 Å². The van der Waals surface area contributed by atoms with Gasteiger partial charge in [0.05, 0.1) is 13.0 Å². The van der Waals surface area contributed by atoms with Gasteiger partial charge in [0.1, 0.15) is 11.9 Å². The summed E-state index contributed by atoms with van der Waals surface area (Å²) in [5.74, 6) is 1.69. The average molecular weight is 423 g/mol. The molecule has 0 radical (unpaired) electrons. The van der Waals surface area contributed by atoms with E-state index in [1.165, 1.54) is 29.4 Å². The van der Waals surface area contributed by atoms with Crippen LogP contribution in [0.5, 0.6) is 5.75 Å². The first-order valence-electron chi connectivity index (χ1n) is 11.7. The number of rotatable bonds is 6. The van der Waals surface area contributed by atoms with Crippen LogP contribution >= 0.6 is 0 Å². The van der Waals surface area contributed by atoms with Crippen LogP contribution in [0.1, 0.15) is 44.6 Å². The van der Waals surface area contributed by atoms with Gasteiger partial charge in [-0.15, -0.1) is 0 Å². The molecule has 2 aromatic rings. The number of nitrogens with one attached hydrogen (secondary N) is 2. The molecule has 2 saturated carbocycles. The van der Waals surface area contributed by atoms with Crippen molar-refractivity contribution in [3.8, 4) is 5.75 Å². The Balaban J connectivity index is 1.20. The normalized spacial score (nSPS) is 32.6. The van der Waals surface area contributed by atoms with E-state index in [1.54, 1.807) is 7.11 Å². The number of hydrogen-bond acceptors (Lipinski definition) is 4. The number of carbonyl (C=O) groups excluding carboxylic acids is 1. The Morgan fingerprint density at radius 3 is 3.10 bits per heavy atom. The van der Waals surface area contributed by atoms with E-state index in [-0.39, 0.29) is 23.4 Å². The Morgan fingerprint density at radius 1 is 1.39 bits per heavy atom. The van der Waals surface area contributed by atoms with E-state index in [0.29, 0.717) is 18.4 Å². The maximum absolute atomic E-state index is 12.7. The third-order valence-electron chi connectivity index (χ3n) is 8.23. The Hall–Kier alpha value is -2.27. The fourth-order valence-corrected chi connectivity index (χ4v) is 6.46. The predicted molar refractivity (Wildman–Crippen MR) is 122 cm³/mol. The first kappa shape index (κ1) is 20.6. The molecule has 166 valence electrons. The summed E-state index contributed by atoms with van der Waals surface area (Å²) in [6.07, 6.45) is 8.72. The summed E-state index contributed by atoms with van der Waals surface area (Å²) in [5.41, 5.74) is 4.04. The molecule has 0 spiro atoms. The molecule has 5 heteroatoms. The van der Waals surface area contributed by atoms with Gasteiger partial charge in [-0.3, -0.25) is 4.79 Å². The van der Waals surface area contributed by atoms with Crippen LogP contribution in [0.15, 0.2) is 36.5 Å². The van der Waals surface area contributed by atoms with Crippen LogP contribution < -0.4 is 10.1 Å². The minimum Gasteiger partial charge on any atom is -0.497 e. The molecule has 31 heavy (non-hydrogen) atoms. The second-order valence-electron chi connectivity index (χ2n) is 10.1. The van der Waals surface area contributed by atoms with Crippen molar-refractivity contribution in [2.45, 2.75) is 51.6 Å². The molecule has 0 amide bonds. The smallest absolute Gasteiger partial charge is 0.310 e. The molecule has 5 nitrogen and oxygen atoms in total. The third kappa shape index (κ3) is 3.67. The van der Waals surface area contributed by atoms with E-state index in [9.17, 15) is 4.79 Å². The van der Waals surface area contributed by atoms with E-state index in [2.05, 4.69) is 42.1 Å². The number of fused-ring (bicyclic) bond motifs is 3. The van der Waals surface area contributed by atoms with Gasteiger partial charge < -0.3 is 19.8 Å². The highest BCUT2D eigenvalue weighted by Gasteiger charge is 2.54. The Morgan fingerprint density at radius 2 is 2.26 bits per heavy atom. The van der Waals surface area contributed by atoms with Gasteiger partial charge in [0.15, 0.2) is 0 Å². The first-order valence-corrected chi connectivity index (χ1v) is 11.7. The fourth-order valence-electron chi connectivity index (χ4n) is 6.46. The minimum absolute atomic E-state index is 0.00723. The molecule has 2 aliphatic carbocycles. The maximum Gasteiger partial charge on any atom is 0.310 e. The lowest BCUT2D eigenvalue weighted by atomic mass is 9.55. The van der Waals surface area contributed by atoms with Crippen molar-refractivity contribution in [1.82, 2.24) is 10.3 Å². The predicted octanol–water partition coefficient (Wildman–Crippen LogP) is 4.62. The van der Waals surface area contributed by atoms with Gasteiger partial charge in [-0.25, -0.2) is 0 Å². The fraction of sp³-hybridized carbons (Fsp3) is 0.577. The van der Waals surface area contributed by atoms with Crippen LogP contribution in [0.3, 0.4) is 0 Å². The lowest BCUT2D eigenvalue weighted by Gasteiger charge is -2.50.